The number of fused-ring (bicyclic) bond motifs is 1. The Hall–Kier alpha value is -4.19. The Morgan fingerprint density at radius 3 is 2.70 bits per heavy atom. The van der Waals surface area contributed by atoms with Gasteiger partial charge in [0, 0.05) is 35.4 Å². The summed E-state index contributed by atoms with van der Waals surface area (Å²) < 4.78 is 2.56. The molecule has 1 aliphatic rings. The van der Waals surface area contributed by atoms with E-state index in [1.54, 1.807) is 28.8 Å². The lowest BCUT2D eigenvalue weighted by molar-refractivity contribution is 0.0937. The fourth-order valence-corrected chi connectivity index (χ4v) is 4.72. The number of allylic oxidation sites excluding steroid dienone is 1. The molecule has 0 saturated carbocycles. The molecule has 0 spiro atoms. The second kappa shape index (κ2) is 12.2. The van der Waals surface area contributed by atoms with Crippen molar-refractivity contribution < 1.29 is 19.2 Å². The van der Waals surface area contributed by atoms with Gasteiger partial charge in [-0.3, -0.25) is 4.79 Å². The van der Waals surface area contributed by atoms with Gasteiger partial charge in [-0.15, -0.1) is 0 Å². The molecule has 3 atom stereocenters. The van der Waals surface area contributed by atoms with Gasteiger partial charge >= 0.3 is 0 Å². The number of halogens is 1. The van der Waals surface area contributed by atoms with Gasteiger partial charge in [0.1, 0.15) is 34.9 Å². The molecule has 188 valence electrons. The number of hydrogen-bond donors (Lipinski definition) is 3. The summed E-state index contributed by atoms with van der Waals surface area (Å²) in [6, 6.07) is 11.6. The number of carbonyl (C=O) groups is 1. The number of rotatable bonds is 10. The summed E-state index contributed by atoms with van der Waals surface area (Å²) >= 11 is 3.40. The van der Waals surface area contributed by atoms with Crippen LogP contribution in [0.1, 0.15) is 28.9 Å². The number of carbonyl (C=O) groups excluding carboxylic acids is 4. The third-order valence-electron chi connectivity index (χ3n) is 6.17. The van der Waals surface area contributed by atoms with Gasteiger partial charge in [-0.1, -0.05) is 30.3 Å². The third-order valence-corrected chi connectivity index (χ3v) is 6.64. The van der Waals surface area contributed by atoms with E-state index in [0.717, 1.165) is 10.0 Å². The maximum Gasteiger partial charge on any atom is 0.272 e. The molecule has 0 bridgehead atoms. The average Bonchev–Trinajstić information content (AvgIpc) is 3.53. The normalized spacial score (nSPS) is 16.0. The van der Waals surface area contributed by atoms with Crippen molar-refractivity contribution in [3.05, 3.63) is 88.1 Å². The van der Waals surface area contributed by atoms with Crippen LogP contribution in [0.25, 0.3) is 5.65 Å². The van der Waals surface area contributed by atoms with Crippen molar-refractivity contribution in [2.75, 3.05) is 6.54 Å². The van der Waals surface area contributed by atoms with E-state index in [2.05, 4.69) is 36.9 Å². The zero-order chi connectivity index (χ0) is 26.2. The Balaban J connectivity index is 1.58. The molecular formula is C27H24BrN5O4. The maximum atomic E-state index is 13.2. The van der Waals surface area contributed by atoms with Crippen LogP contribution in [-0.2, 0) is 20.8 Å². The van der Waals surface area contributed by atoms with Crippen molar-refractivity contribution in [2.45, 2.75) is 31.3 Å². The molecule has 3 N–H and O–H groups in total. The van der Waals surface area contributed by atoms with Crippen LogP contribution in [0.2, 0.25) is 0 Å². The van der Waals surface area contributed by atoms with Crippen LogP contribution in [0.3, 0.4) is 0 Å². The zero-order valence-corrected chi connectivity index (χ0v) is 21.3. The number of imidazole rings is 1. The van der Waals surface area contributed by atoms with Crippen molar-refractivity contribution in [3.63, 3.8) is 0 Å². The quantitative estimate of drug-likeness (QED) is 0.324. The lowest BCUT2D eigenvalue weighted by Crippen LogP contribution is -2.45. The number of nitrogens with one attached hydrogen (secondary N) is 3. The first-order valence-corrected chi connectivity index (χ1v) is 12.5. The van der Waals surface area contributed by atoms with Gasteiger partial charge in [0.2, 0.25) is 0 Å². The van der Waals surface area contributed by atoms with Crippen LogP contribution in [0, 0.1) is 5.92 Å². The first kappa shape index (κ1) is 25.9. The molecule has 10 heteroatoms. The molecule has 0 radical (unpaired) electrons. The molecule has 4 rings (SSSR count). The third kappa shape index (κ3) is 6.53. The molecule has 37 heavy (non-hydrogen) atoms. The highest BCUT2D eigenvalue weighted by molar-refractivity contribution is 9.10. The molecule has 0 aliphatic carbocycles. The van der Waals surface area contributed by atoms with E-state index in [1.165, 1.54) is 6.08 Å². The van der Waals surface area contributed by atoms with Gasteiger partial charge in [-0.25, -0.2) is 19.4 Å². The number of benzene rings is 1. The fraction of sp³-hybridized carbons (Fsp3) is 0.259. The minimum atomic E-state index is -0.783. The number of amides is 1. The highest BCUT2D eigenvalue weighted by Crippen LogP contribution is 2.23. The van der Waals surface area contributed by atoms with Gasteiger partial charge in [0.15, 0.2) is 0 Å². The number of nitrogens with zero attached hydrogens (tertiary/aromatic N) is 2. The molecule has 1 aliphatic heterocycles. The largest absolute Gasteiger partial charge is 0.379 e. The van der Waals surface area contributed by atoms with Gasteiger partial charge in [0.05, 0.1) is 17.8 Å². The Morgan fingerprint density at radius 2 is 1.97 bits per heavy atom. The van der Waals surface area contributed by atoms with E-state index >= 15 is 0 Å². The van der Waals surface area contributed by atoms with Gasteiger partial charge in [0.25, 0.3) is 5.91 Å². The SMILES string of the molecule is O=C=CC(C[C@@H]1CCNC1=C=O)NC(=C=O)C(Cc1ccccc1)NC(=O)c1cn2cc(Br)ccc2n1. The van der Waals surface area contributed by atoms with Crippen molar-refractivity contribution in [3.8, 4) is 0 Å². The van der Waals surface area contributed by atoms with Crippen LogP contribution < -0.4 is 16.0 Å². The zero-order valence-electron chi connectivity index (χ0n) is 19.7. The predicted molar refractivity (Wildman–Crippen MR) is 141 cm³/mol. The summed E-state index contributed by atoms with van der Waals surface area (Å²) in [5.41, 5.74) is 2.18. The van der Waals surface area contributed by atoms with E-state index in [1.807, 2.05) is 48.3 Å². The summed E-state index contributed by atoms with van der Waals surface area (Å²) in [6.45, 7) is 0.630. The Kier molecular flexibility index (Phi) is 8.52. The second-order valence-electron chi connectivity index (χ2n) is 8.67. The Labute approximate surface area is 221 Å². The first-order chi connectivity index (χ1) is 18.0. The molecule has 1 fully saturated rings. The summed E-state index contributed by atoms with van der Waals surface area (Å²) in [5.74, 6) is 4.97. The first-order valence-electron chi connectivity index (χ1n) is 11.7. The van der Waals surface area contributed by atoms with Crippen LogP contribution in [0.15, 0.2) is 76.8 Å². The highest BCUT2D eigenvalue weighted by atomic mass is 79.9. The average molecular weight is 562 g/mol. The minimum absolute atomic E-state index is 0.0720. The summed E-state index contributed by atoms with van der Waals surface area (Å²) in [7, 11) is 0. The molecule has 2 unspecified atom stereocenters. The Bertz CT molecular complexity index is 1430. The van der Waals surface area contributed by atoms with Gasteiger partial charge < -0.3 is 20.4 Å². The monoisotopic (exact) mass is 561 g/mol. The smallest absolute Gasteiger partial charge is 0.272 e. The summed E-state index contributed by atoms with van der Waals surface area (Å²) in [5, 5.41) is 8.92. The van der Waals surface area contributed by atoms with Crippen molar-refractivity contribution in [1.29, 1.82) is 0 Å². The van der Waals surface area contributed by atoms with Crippen LogP contribution in [-0.4, -0.2) is 51.7 Å². The van der Waals surface area contributed by atoms with Gasteiger partial charge in [-0.2, -0.15) is 0 Å². The lowest BCUT2D eigenvalue weighted by atomic mass is 9.95. The lowest BCUT2D eigenvalue weighted by Gasteiger charge is -2.25. The highest BCUT2D eigenvalue weighted by Gasteiger charge is 2.28. The Morgan fingerprint density at radius 1 is 1.16 bits per heavy atom. The molecule has 3 aromatic rings. The van der Waals surface area contributed by atoms with Crippen LogP contribution in [0.4, 0.5) is 0 Å². The summed E-state index contributed by atoms with van der Waals surface area (Å²) in [6.07, 6.45) is 6.01. The summed E-state index contributed by atoms with van der Waals surface area (Å²) in [4.78, 5) is 52.2. The van der Waals surface area contributed by atoms with Crippen molar-refractivity contribution in [1.82, 2.24) is 25.3 Å². The van der Waals surface area contributed by atoms with Gasteiger partial charge in [-0.05, 0) is 52.9 Å². The van der Waals surface area contributed by atoms with E-state index in [-0.39, 0.29) is 17.3 Å². The second-order valence-corrected chi connectivity index (χ2v) is 9.59. The predicted octanol–water partition coefficient (Wildman–Crippen LogP) is 2.21. The molecule has 2 aromatic heterocycles. The molecular weight excluding hydrogens is 538 g/mol. The standard InChI is InChI=1S/C27H24BrN5O4/c28-20-6-7-26-31-23(15-33(26)14-20)27(37)32-22(12-18-4-2-1-3-5-18)25(17-36)30-21(9-11-34)13-19-8-10-29-24(19)16-35/h1-7,9,14-15,19,21-22,29-30H,8,10,12-13H2,(H,32,37)/t19-,21?,22?/m0/s1. The van der Waals surface area contributed by atoms with Crippen LogP contribution in [0.5, 0.6) is 0 Å². The molecule has 3 heterocycles. The molecule has 9 nitrogen and oxygen atoms in total. The minimum Gasteiger partial charge on any atom is -0.379 e. The molecule has 1 amide bonds. The van der Waals surface area contributed by atoms with Crippen LogP contribution >= 0.6 is 15.9 Å². The van der Waals surface area contributed by atoms with E-state index in [9.17, 15) is 19.2 Å². The number of aromatic nitrogens is 2. The number of pyridine rings is 1. The van der Waals surface area contributed by atoms with Crippen molar-refractivity contribution >= 4 is 45.3 Å². The van der Waals surface area contributed by atoms with Crippen molar-refractivity contribution in [2.24, 2.45) is 5.92 Å². The maximum absolute atomic E-state index is 13.2. The number of hydrogen-bond acceptors (Lipinski definition) is 7. The van der Waals surface area contributed by atoms with E-state index in [4.69, 9.17) is 0 Å². The topological polar surface area (TPSA) is 122 Å². The fourth-order valence-electron chi connectivity index (χ4n) is 4.36. The van der Waals surface area contributed by atoms with E-state index in [0.29, 0.717) is 37.2 Å². The molecule has 1 saturated heterocycles. The van der Waals surface area contributed by atoms with E-state index < -0.39 is 18.0 Å². The molecule has 1 aromatic carbocycles.